The Balaban J connectivity index is 1.57. The maximum Gasteiger partial charge on any atom is 0.291 e. The van der Waals surface area contributed by atoms with Gasteiger partial charge >= 0.3 is 0 Å². The minimum Gasteiger partial charge on any atom is -0.489 e. The Kier molecular flexibility index (Phi) is 5.23. The molecule has 2 aromatic carbocycles. The number of carbonyl (C=O) groups excluding carboxylic acids is 1. The van der Waals surface area contributed by atoms with E-state index >= 15 is 0 Å². The highest BCUT2D eigenvalue weighted by molar-refractivity contribution is 9.10. The molecular weight excluding hydrogens is 394 g/mol. The predicted octanol–water partition coefficient (Wildman–Crippen LogP) is 5.53. The number of amides is 1. The van der Waals surface area contributed by atoms with E-state index in [1.54, 1.807) is 36.4 Å². The summed E-state index contributed by atoms with van der Waals surface area (Å²) in [5.41, 5.74) is 1.69. The first-order valence-electron chi connectivity index (χ1n) is 7.14. The summed E-state index contributed by atoms with van der Waals surface area (Å²) >= 11 is 9.01. The van der Waals surface area contributed by atoms with Gasteiger partial charge in [-0.1, -0.05) is 23.7 Å². The van der Waals surface area contributed by atoms with Gasteiger partial charge in [-0.15, -0.1) is 0 Å². The summed E-state index contributed by atoms with van der Waals surface area (Å²) in [5, 5.41) is 3.45. The van der Waals surface area contributed by atoms with Crippen molar-refractivity contribution < 1.29 is 13.9 Å². The lowest BCUT2D eigenvalue weighted by Crippen LogP contribution is -2.10. The van der Waals surface area contributed by atoms with E-state index in [9.17, 15) is 4.79 Å². The summed E-state index contributed by atoms with van der Waals surface area (Å²) in [6.07, 6.45) is 0. The van der Waals surface area contributed by atoms with Crippen LogP contribution in [0.2, 0.25) is 5.02 Å². The molecule has 0 fully saturated rings. The molecule has 3 rings (SSSR count). The van der Waals surface area contributed by atoms with Crippen LogP contribution in [0.3, 0.4) is 0 Å². The van der Waals surface area contributed by atoms with Crippen molar-refractivity contribution in [1.82, 2.24) is 0 Å². The van der Waals surface area contributed by atoms with E-state index in [0.717, 1.165) is 5.56 Å². The number of halogens is 2. The van der Waals surface area contributed by atoms with Crippen LogP contribution in [-0.4, -0.2) is 5.91 Å². The average molecular weight is 407 g/mol. The Bertz CT molecular complexity index is 828. The third-order valence-electron chi connectivity index (χ3n) is 3.23. The van der Waals surface area contributed by atoms with Crippen LogP contribution >= 0.6 is 27.5 Å². The third-order valence-corrected chi connectivity index (χ3v) is 3.91. The van der Waals surface area contributed by atoms with Gasteiger partial charge in [0.05, 0.1) is 0 Å². The van der Waals surface area contributed by atoms with Crippen LogP contribution in [0.25, 0.3) is 0 Å². The number of benzene rings is 2. The molecule has 0 aliphatic rings. The van der Waals surface area contributed by atoms with Crippen molar-refractivity contribution >= 4 is 39.1 Å². The standard InChI is InChI=1S/C18H13BrClNO3/c19-17-10-9-16(24-17)18(22)21-14-5-7-15(8-6-14)23-11-12-1-3-13(20)4-2-12/h1-10H,11H2,(H,21,22). The van der Waals surface area contributed by atoms with E-state index in [1.165, 1.54) is 0 Å². The fourth-order valence-electron chi connectivity index (χ4n) is 2.01. The van der Waals surface area contributed by atoms with Crippen LogP contribution in [0.4, 0.5) is 5.69 Å². The van der Waals surface area contributed by atoms with Gasteiger partial charge < -0.3 is 14.5 Å². The minimum absolute atomic E-state index is 0.241. The number of furan rings is 1. The number of hydrogen-bond acceptors (Lipinski definition) is 3. The fourth-order valence-corrected chi connectivity index (χ4v) is 2.44. The first kappa shape index (κ1) is 16.6. The molecule has 0 unspecified atom stereocenters. The maximum atomic E-state index is 12.0. The number of carbonyl (C=O) groups is 1. The van der Waals surface area contributed by atoms with E-state index in [0.29, 0.717) is 27.7 Å². The van der Waals surface area contributed by atoms with Crippen molar-refractivity contribution in [2.75, 3.05) is 5.32 Å². The quantitative estimate of drug-likeness (QED) is 0.606. The van der Waals surface area contributed by atoms with Crippen molar-refractivity contribution in [3.8, 4) is 5.75 Å². The van der Waals surface area contributed by atoms with Crippen LogP contribution in [0.1, 0.15) is 16.1 Å². The second-order valence-corrected chi connectivity index (χ2v) is 6.22. The minimum atomic E-state index is -0.310. The van der Waals surface area contributed by atoms with Gasteiger partial charge in [0.2, 0.25) is 0 Å². The number of ether oxygens (including phenoxy) is 1. The zero-order valence-electron chi connectivity index (χ0n) is 12.5. The fraction of sp³-hybridized carbons (Fsp3) is 0.0556. The van der Waals surface area contributed by atoms with Gasteiger partial charge in [-0.25, -0.2) is 0 Å². The molecular formula is C18H13BrClNO3. The molecule has 0 atom stereocenters. The Hall–Kier alpha value is -2.24. The van der Waals surface area contributed by atoms with E-state index in [1.807, 2.05) is 24.3 Å². The molecule has 24 heavy (non-hydrogen) atoms. The molecule has 3 aromatic rings. The molecule has 4 nitrogen and oxygen atoms in total. The first-order valence-corrected chi connectivity index (χ1v) is 8.31. The Morgan fingerprint density at radius 1 is 1.04 bits per heavy atom. The maximum absolute atomic E-state index is 12.0. The lowest BCUT2D eigenvalue weighted by Gasteiger charge is -2.08. The average Bonchev–Trinajstić information content (AvgIpc) is 3.02. The molecule has 0 saturated carbocycles. The highest BCUT2D eigenvalue weighted by Crippen LogP contribution is 2.20. The molecule has 0 spiro atoms. The van der Waals surface area contributed by atoms with Gasteiger partial charge in [0.15, 0.2) is 10.4 Å². The third kappa shape index (κ3) is 4.40. The van der Waals surface area contributed by atoms with Crippen molar-refractivity contribution in [2.45, 2.75) is 6.61 Å². The monoisotopic (exact) mass is 405 g/mol. The van der Waals surface area contributed by atoms with Crippen molar-refractivity contribution in [3.05, 3.63) is 81.7 Å². The SMILES string of the molecule is O=C(Nc1ccc(OCc2ccc(Cl)cc2)cc1)c1ccc(Br)o1. The lowest BCUT2D eigenvalue weighted by atomic mass is 10.2. The highest BCUT2D eigenvalue weighted by atomic mass is 79.9. The molecule has 122 valence electrons. The number of rotatable bonds is 5. The molecule has 1 N–H and O–H groups in total. The van der Waals surface area contributed by atoms with Crippen LogP contribution in [0.5, 0.6) is 5.75 Å². The molecule has 6 heteroatoms. The second kappa shape index (κ2) is 7.55. The molecule has 1 heterocycles. The van der Waals surface area contributed by atoms with Gasteiger partial charge in [0.1, 0.15) is 12.4 Å². The molecule has 0 aliphatic heterocycles. The van der Waals surface area contributed by atoms with Gasteiger partial charge in [0.25, 0.3) is 5.91 Å². The predicted molar refractivity (Wildman–Crippen MR) is 96.6 cm³/mol. The molecule has 1 amide bonds. The zero-order valence-corrected chi connectivity index (χ0v) is 14.8. The van der Waals surface area contributed by atoms with Gasteiger partial charge in [-0.3, -0.25) is 4.79 Å². The number of anilines is 1. The molecule has 0 saturated heterocycles. The number of nitrogens with one attached hydrogen (secondary N) is 1. The van der Waals surface area contributed by atoms with Crippen LogP contribution in [0, 0.1) is 0 Å². The van der Waals surface area contributed by atoms with Crippen LogP contribution in [-0.2, 0) is 6.61 Å². The lowest BCUT2D eigenvalue weighted by molar-refractivity contribution is 0.0995. The smallest absolute Gasteiger partial charge is 0.291 e. The zero-order chi connectivity index (χ0) is 16.9. The molecule has 0 bridgehead atoms. The van der Waals surface area contributed by atoms with Crippen LogP contribution < -0.4 is 10.1 Å². The summed E-state index contributed by atoms with van der Waals surface area (Å²) < 4.78 is 11.4. The topological polar surface area (TPSA) is 51.5 Å². The summed E-state index contributed by atoms with van der Waals surface area (Å²) in [6, 6.07) is 17.9. The largest absolute Gasteiger partial charge is 0.489 e. The molecule has 1 aromatic heterocycles. The van der Waals surface area contributed by atoms with Gasteiger partial charge in [-0.2, -0.15) is 0 Å². The summed E-state index contributed by atoms with van der Waals surface area (Å²) in [4.78, 5) is 12.0. The van der Waals surface area contributed by atoms with Crippen LogP contribution in [0.15, 0.2) is 69.8 Å². The summed E-state index contributed by atoms with van der Waals surface area (Å²) in [6.45, 7) is 0.448. The normalized spacial score (nSPS) is 10.4. The Labute approximate surface area is 152 Å². The van der Waals surface area contributed by atoms with Gasteiger partial charge in [-0.05, 0) is 70.0 Å². The summed E-state index contributed by atoms with van der Waals surface area (Å²) in [7, 11) is 0. The van der Waals surface area contributed by atoms with Crippen molar-refractivity contribution in [2.24, 2.45) is 0 Å². The van der Waals surface area contributed by atoms with E-state index in [2.05, 4.69) is 21.2 Å². The van der Waals surface area contributed by atoms with E-state index in [-0.39, 0.29) is 11.7 Å². The first-order chi connectivity index (χ1) is 11.6. The van der Waals surface area contributed by atoms with Crippen molar-refractivity contribution in [1.29, 1.82) is 0 Å². The summed E-state index contributed by atoms with van der Waals surface area (Å²) in [5.74, 6) is 0.643. The molecule has 0 aliphatic carbocycles. The van der Waals surface area contributed by atoms with E-state index in [4.69, 9.17) is 20.8 Å². The number of hydrogen-bond donors (Lipinski definition) is 1. The van der Waals surface area contributed by atoms with Crippen molar-refractivity contribution in [3.63, 3.8) is 0 Å². The Morgan fingerprint density at radius 2 is 1.75 bits per heavy atom. The Morgan fingerprint density at radius 3 is 2.38 bits per heavy atom. The van der Waals surface area contributed by atoms with Gasteiger partial charge in [0, 0.05) is 10.7 Å². The molecule has 0 radical (unpaired) electrons. The van der Waals surface area contributed by atoms with E-state index < -0.39 is 0 Å². The second-order valence-electron chi connectivity index (χ2n) is 5.00. The highest BCUT2D eigenvalue weighted by Gasteiger charge is 2.10.